The van der Waals surface area contributed by atoms with E-state index in [1.54, 1.807) is 0 Å². The van der Waals surface area contributed by atoms with Gasteiger partial charge in [0.2, 0.25) is 0 Å². The van der Waals surface area contributed by atoms with Gasteiger partial charge in [-0.1, -0.05) is 134 Å². The smallest absolute Gasteiger partial charge is 0.153 e. The molecule has 0 atom stereocenters. The van der Waals surface area contributed by atoms with Crippen LogP contribution in [0.5, 0.6) is 11.5 Å². The molecule has 3 nitrogen and oxygen atoms in total. The second-order valence-electron chi connectivity index (χ2n) is 13.0. The number of benzene rings is 8. The molecule has 1 aromatic heterocycles. The van der Waals surface area contributed by atoms with Crippen molar-refractivity contribution < 1.29 is 4.74 Å². The maximum Gasteiger partial charge on any atom is 0.153 e. The summed E-state index contributed by atoms with van der Waals surface area (Å²) in [7, 11) is 0. The quantitative estimate of drug-likeness (QED) is 0.175. The van der Waals surface area contributed by atoms with Crippen molar-refractivity contribution in [2.75, 3.05) is 0 Å². The van der Waals surface area contributed by atoms with E-state index in [0.29, 0.717) is 0 Å². The lowest BCUT2D eigenvalue weighted by Gasteiger charge is -2.22. The minimum atomic E-state index is 0.839. The number of imidazole rings is 1. The van der Waals surface area contributed by atoms with E-state index in [0.717, 1.165) is 51.6 Å². The van der Waals surface area contributed by atoms with Gasteiger partial charge in [0, 0.05) is 6.42 Å². The van der Waals surface area contributed by atoms with Crippen LogP contribution in [0.3, 0.4) is 0 Å². The van der Waals surface area contributed by atoms with E-state index in [4.69, 9.17) is 9.72 Å². The highest BCUT2D eigenvalue weighted by Crippen LogP contribution is 2.47. The van der Waals surface area contributed by atoms with Gasteiger partial charge >= 0.3 is 0 Å². The lowest BCUT2D eigenvalue weighted by molar-refractivity contribution is 0.474. The first-order chi connectivity index (χ1) is 24.7. The van der Waals surface area contributed by atoms with Crippen molar-refractivity contribution in [1.82, 2.24) is 9.55 Å². The number of hydrogen-bond donors (Lipinski definition) is 0. The van der Waals surface area contributed by atoms with Crippen LogP contribution in [0.15, 0.2) is 164 Å². The summed E-state index contributed by atoms with van der Waals surface area (Å²) in [6.45, 7) is 2.16. The van der Waals surface area contributed by atoms with Crippen molar-refractivity contribution in [2.45, 2.75) is 13.3 Å². The summed E-state index contributed by atoms with van der Waals surface area (Å²) in [5.74, 6) is 2.73. The Morgan fingerprint density at radius 1 is 0.460 bits per heavy atom. The largest absolute Gasteiger partial charge is 0.453 e. The molecule has 0 saturated carbocycles. The molecule has 2 heterocycles. The van der Waals surface area contributed by atoms with Crippen molar-refractivity contribution >= 4 is 32.6 Å². The van der Waals surface area contributed by atoms with E-state index in [2.05, 4.69) is 163 Å². The summed E-state index contributed by atoms with van der Waals surface area (Å²) >= 11 is 0. The average Bonchev–Trinajstić information content (AvgIpc) is 3.57. The Hall–Kier alpha value is -6.45. The summed E-state index contributed by atoms with van der Waals surface area (Å²) in [5, 5.41) is 4.94. The molecule has 0 bridgehead atoms. The lowest BCUT2D eigenvalue weighted by Crippen LogP contribution is -2.07. The zero-order valence-corrected chi connectivity index (χ0v) is 27.6. The average molecular weight is 641 g/mol. The molecule has 236 valence electrons. The summed E-state index contributed by atoms with van der Waals surface area (Å²) in [6.07, 6.45) is 0.839. The highest BCUT2D eigenvalue weighted by atomic mass is 16.5. The van der Waals surface area contributed by atoms with E-state index in [1.807, 2.05) is 12.1 Å². The van der Waals surface area contributed by atoms with Crippen LogP contribution in [0.2, 0.25) is 0 Å². The zero-order valence-electron chi connectivity index (χ0n) is 27.6. The molecule has 0 radical (unpaired) electrons. The molecule has 8 aromatic carbocycles. The van der Waals surface area contributed by atoms with Crippen molar-refractivity contribution in [3.63, 3.8) is 0 Å². The predicted octanol–water partition coefficient (Wildman–Crippen LogP) is 12.7. The standard InChI is InChI=1S/C47H32N2O/c1-2-44-48-40-21-12-22-42-47(40)49(44)41-26-24-34(29-43(41)50-42)33-23-25-38-39(28-33)46(35-18-11-17-32(27-35)30-13-5-3-6-14-30)37-20-10-9-19-36(37)45(38)31-15-7-4-8-16-31/h3-29H,2H2,1H3. The molecule has 0 fully saturated rings. The van der Waals surface area contributed by atoms with Crippen molar-refractivity contribution in [1.29, 1.82) is 0 Å². The molecule has 0 N–H and O–H groups in total. The normalized spacial score (nSPS) is 11.9. The monoisotopic (exact) mass is 640 g/mol. The summed E-state index contributed by atoms with van der Waals surface area (Å²) < 4.78 is 8.85. The van der Waals surface area contributed by atoms with Crippen molar-refractivity contribution in [2.24, 2.45) is 0 Å². The molecular weight excluding hydrogens is 609 g/mol. The van der Waals surface area contributed by atoms with Crippen LogP contribution >= 0.6 is 0 Å². The minimum absolute atomic E-state index is 0.839. The summed E-state index contributed by atoms with van der Waals surface area (Å²) in [6, 6.07) is 59.0. The second kappa shape index (κ2) is 11.3. The van der Waals surface area contributed by atoms with Crippen LogP contribution in [0, 0.1) is 0 Å². The molecule has 1 aliphatic heterocycles. The fourth-order valence-electron chi connectivity index (χ4n) is 7.87. The number of aromatic nitrogens is 2. The van der Waals surface area contributed by atoms with Crippen LogP contribution in [0.4, 0.5) is 0 Å². The Labute approximate surface area is 290 Å². The fraction of sp³-hybridized carbons (Fsp3) is 0.0426. The third-order valence-corrected chi connectivity index (χ3v) is 10.1. The molecule has 0 aliphatic carbocycles. The first-order valence-corrected chi connectivity index (χ1v) is 17.3. The number of para-hydroxylation sites is 1. The lowest BCUT2D eigenvalue weighted by atomic mass is 9.84. The number of hydrogen-bond acceptors (Lipinski definition) is 2. The number of rotatable bonds is 5. The van der Waals surface area contributed by atoms with Crippen LogP contribution in [0.1, 0.15) is 12.7 Å². The van der Waals surface area contributed by atoms with Gasteiger partial charge in [0.15, 0.2) is 11.5 Å². The van der Waals surface area contributed by atoms with Gasteiger partial charge in [-0.25, -0.2) is 4.98 Å². The highest BCUT2D eigenvalue weighted by Gasteiger charge is 2.24. The molecule has 0 saturated heterocycles. The second-order valence-corrected chi connectivity index (χ2v) is 13.0. The summed E-state index contributed by atoms with van der Waals surface area (Å²) in [5.41, 5.74) is 12.6. The Kier molecular flexibility index (Phi) is 6.47. The fourth-order valence-corrected chi connectivity index (χ4v) is 7.87. The molecule has 9 aromatic rings. The van der Waals surface area contributed by atoms with Crippen LogP contribution in [0.25, 0.3) is 82.8 Å². The molecule has 0 amide bonds. The molecule has 0 unspecified atom stereocenters. The third kappa shape index (κ3) is 4.40. The topological polar surface area (TPSA) is 27.1 Å². The van der Waals surface area contributed by atoms with E-state index in [1.165, 1.54) is 54.9 Å². The number of fused-ring (bicyclic) bond motifs is 4. The Bertz CT molecular complexity index is 2760. The van der Waals surface area contributed by atoms with E-state index < -0.39 is 0 Å². The van der Waals surface area contributed by atoms with Crippen molar-refractivity contribution in [3.05, 3.63) is 170 Å². The molecule has 50 heavy (non-hydrogen) atoms. The van der Waals surface area contributed by atoms with Gasteiger partial charge in [0.1, 0.15) is 11.3 Å². The molecular formula is C47H32N2O. The van der Waals surface area contributed by atoms with Gasteiger partial charge in [-0.05, 0) is 102 Å². The maximum atomic E-state index is 6.58. The SMILES string of the molecule is CCc1nc2cccc3c2n1-c1ccc(-c2ccc4c(-c5ccccc5)c5ccccc5c(-c5cccc(-c6ccccc6)c5)c4c2)cc1O3. The van der Waals surface area contributed by atoms with Gasteiger partial charge in [-0.2, -0.15) is 0 Å². The Morgan fingerprint density at radius 2 is 1.06 bits per heavy atom. The van der Waals surface area contributed by atoms with Crippen LogP contribution < -0.4 is 4.74 Å². The van der Waals surface area contributed by atoms with Gasteiger partial charge in [0.25, 0.3) is 0 Å². The van der Waals surface area contributed by atoms with E-state index in [9.17, 15) is 0 Å². The van der Waals surface area contributed by atoms with Gasteiger partial charge < -0.3 is 4.74 Å². The van der Waals surface area contributed by atoms with Gasteiger partial charge in [-0.3, -0.25) is 4.57 Å². The molecule has 1 aliphatic rings. The zero-order chi connectivity index (χ0) is 33.2. The van der Waals surface area contributed by atoms with E-state index in [-0.39, 0.29) is 0 Å². The highest BCUT2D eigenvalue weighted by molar-refractivity contribution is 6.22. The number of nitrogens with zero attached hydrogens (tertiary/aromatic N) is 2. The number of aryl methyl sites for hydroxylation is 1. The third-order valence-electron chi connectivity index (χ3n) is 10.1. The summed E-state index contributed by atoms with van der Waals surface area (Å²) in [4.78, 5) is 4.92. The van der Waals surface area contributed by atoms with Gasteiger partial charge in [-0.15, -0.1) is 0 Å². The predicted molar refractivity (Wildman–Crippen MR) is 207 cm³/mol. The van der Waals surface area contributed by atoms with E-state index >= 15 is 0 Å². The van der Waals surface area contributed by atoms with Gasteiger partial charge in [0.05, 0.1) is 11.2 Å². The van der Waals surface area contributed by atoms with Crippen molar-refractivity contribution in [3.8, 4) is 61.7 Å². The minimum Gasteiger partial charge on any atom is -0.453 e. The first kappa shape index (κ1) is 28.6. The van der Waals surface area contributed by atoms with Crippen LogP contribution in [-0.4, -0.2) is 9.55 Å². The molecule has 10 rings (SSSR count). The van der Waals surface area contributed by atoms with Crippen LogP contribution in [-0.2, 0) is 6.42 Å². The maximum absolute atomic E-state index is 6.58. The first-order valence-electron chi connectivity index (χ1n) is 17.3. The Balaban J connectivity index is 1.22. The Morgan fingerprint density at radius 3 is 1.84 bits per heavy atom. The molecule has 0 spiro atoms. The molecule has 3 heteroatoms. The number of ether oxygens (including phenoxy) is 1.